The molecule has 0 radical (unpaired) electrons. The summed E-state index contributed by atoms with van der Waals surface area (Å²) in [4.78, 5) is 0. The number of aromatic nitrogens is 1. The number of hydrogen-bond acceptors (Lipinski definition) is 0. The molecule has 1 unspecified atom stereocenters. The molecule has 48 heavy (non-hydrogen) atoms. The van der Waals surface area contributed by atoms with E-state index in [0.717, 1.165) is 0 Å². The predicted octanol–water partition coefficient (Wildman–Crippen LogP) is 12.4. The highest BCUT2D eigenvalue weighted by Crippen LogP contribution is 2.49. The van der Waals surface area contributed by atoms with Crippen LogP contribution in [-0.4, -0.2) is 4.57 Å². The highest BCUT2D eigenvalue weighted by Gasteiger charge is 2.30. The lowest BCUT2D eigenvalue weighted by atomic mass is 9.87. The van der Waals surface area contributed by atoms with E-state index in [1.54, 1.807) is 0 Å². The van der Waals surface area contributed by atoms with Gasteiger partial charge in [0, 0.05) is 22.4 Å². The van der Waals surface area contributed by atoms with Crippen molar-refractivity contribution in [2.45, 2.75) is 5.92 Å². The van der Waals surface area contributed by atoms with Crippen LogP contribution in [-0.2, 0) is 0 Å². The van der Waals surface area contributed by atoms with Gasteiger partial charge in [0.25, 0.3) is 0 Å². The van der Waals surface area contributed by atoms with Crippen LogP contribution in [0, 0.1) is 0 Å². The van der Waals surface area contributed by atoms with Crippen molar-refractivity contribution in [1.82, 2.24) is 4.57 Å². The summed E-state index contributed by atoms with van der Waals surface area (Å²) in [5.74, 6) is 0.224. The fourth-order valence-electron chi connectivity index (χ4n) is 8.01. The standard InChI is InChI=1S/C47H31N/c1-2-11-31(12-3-1)34-15-10-16-38(28-34)48-45-20-9-8-18-40(45)44-30-36(24-26-46(44)48)35-23-25-42-43(29-35)39-17-6-7-19-41(39)47(42)37-22-21-32-13-4-5-14-33(32)27-37/h1-30,47H. The zero-order valence-corrected chi connectivity index (χ0v) is 26.3. The first kappa shape index (κ1) is 27.0. The summed E-state index contributed by atoms with van der Waals surface area (Å²) in [6.45, 7) is 0. The van der Waals surface area contributed by atoms with E-state index in [4.69, 9.17) is 0 Å². The normalized spacial score (nSPS) is 13.6. The van der Waals surface area contributed by atoms with Gasteiger partial charge in [-0.3, -0.25) is 0 Å². The third kappa shape index (κ3) is 4.18. The third-order valence-corrected chi connectivity index (χ3v) is 10.3. The van der Waals surface area contributed by atoms with Crippen LogP contribution in [0.25, 0.3) is 71.6 Å². The molecular formula is C47H31N. The van der Waals surface area contributed by atoms with Gasteiger partial charge >= 0.3 is 0 Å². The summed E-state index contributed by atoms with van der Waals surface area (Å²) in [6.07, 6.45) is 0. The molecule has 9 aromatic rings. The van der Waals surface area contributed by atoms with Crippen molar-refractivity contribution in [3.05, 3.63) is 199 Å². The van der Waals surface area contributed by atoms with E-state index in [-0.39, 0.29) is 5.92 Å². The maximum atomic E-state index is 2.42. The maximum absolute atomic E-state index is 2.42. The molecule has 0 aliphatic heterocycles. The highest BCUT2D eigenvalue weighted by atomic mass is 15.0. The molecule has 0 N–H and O–H groups in total. The molecule has 1 aromatic heterocycles. The summed E-state index contributed by atoms with van der Waals surface area (Å²) in [7, 11) is 0. The third-order valence-electron chi connectivity index (χ3n) is 10.3. The van der Waals surface area contributed by atoms with E-state index in [1.807, 2.05) is 0 Å². The van der Waals surface area contributed by atoms with Crippen molar-refractivity contribution < 1.29 is 0 Å². The Morgan fingerprint density at radius 1 is 0.354 bits per heavy atom. The summed E-state index contributed by atoms with van der Waals surface area (Å²) < 4.78 is 2.41. The Labute approximate surface area is 280 Å². The molecule has 0 amide bonds. The number of hydrogen-bond donors (Lipinski definition) is 0. The van der Waals surface area contributed by atoms with Gasteiger partial charge in [0.15, 0.2) is 0 Å². The molecular weight excluding hydrogens is 579 g/mol. The van der Waals surface area contributed by atoms with Crippen LogP contribution in [0.4, 0.5) is 0 Å². The van der Waals surface area contributed by atoms with Crippen molar-refractivity contribution in [3.63, 3.8) is 0 Å². The van der Waals surface area contributed by atoms with Crippen LogP contribution >= 0.6 is 0 Å². The average molecular weight is 610 g/mol. The van der Waals surface area contributed by atoms with Gasteiger partial charge in [-0.2, -0.15) is 0 Å². The van der Waals surface area contributed by atoms with Crippen molar-refractivity contribution in [1.29, 1.82) is 0 Å². The van der Waals surface area contributed by atoms with E-state index >= 15 is 0 Å². The summed E-state index contributed by atoms with van der Waals surface area (Å²) in [5.41, 5.74) is 15.3. The first-order valence-electron chi connectivity index (χ1n) is 16.7. The van der Waals surface area contributed by atoms with E-state index in [1.165, 1.54) is 88.3 Å². The highest BCUT2D eigenvalue weighted by molar-refractivity contribution is 6.10. The quantitative estimate of drug-likeness (QED) is 0.187. The van der Waals surface area contributed by atoms with Gasteiger partial charge in [-0.15, -0.1) is 0 Å². The fraction of sp³-hybridized carbons (Fsp3) is 0.0213. The number of nitrogens with zero attached hydrogens (tertiary/aromatic N) is 1. The lowest BCUT2D eigenvalue weighted by Gasteiger charge is -2.16. The molecule has 10 rings (SSSR count). The largest absolute Gasteiger partial charge is 0.309 e. The molecule has 1 aliphatic carbocycles. The molecule has 0 saturated carbocycles. The maximum Gasteiger partial charge on any atom is 0.0541 e. The van der Waals surface area contributed by atoms with Gasteiger partial charge in [0.2, 0.25) is 0 Å². The zero-order valence-electron chi connectivity index (χ0n) is 26.3. The Morgan fingerprint density at radius 2 is 1.04 bits per heavy atom. The van der Waals surface area contributed by atoms with Gasteiger partial charge < -0.3 is 4.57 Å². The predicted molar refractivity (Wildman–Crippen MR) is 202 cm³/mol. The SMILES string of the molecule is c1ccc(-c2cccc(-n3c4ccccc4c4cc(-c5ccc6c(c5)-c5ccccc5C6c5ccc6ccccc6c5)ccc43)c2)cc1. The lowest BCUT2D eigenvalue weighted by Crippen LogP contribution is -1.99. The Hall–Kier alpha value is -6.18. The zero-order chi connectivity index (χ0) is 31.6. The molecule has 1 atom stereocenters. The van der Waals surface area contributed by atoms with Crippen LogP contribution in [0.2, 0.25) is 0 Å². The first-order chi connectivity index (χ1) is 23.8. The lowest BCUT2D eigenvalue weighted by molar-refractivity contribution is 1.02. The van der Waals surface area contributed by atoms with Gasteiger partial charge in [0.1, 0.15) is 0 Å². The molecule has 0 saturated heterocycles. The van der Waals surface area contributed by atoms with Crippen molar-refractivity contribution in [3.8, 4) is 39.1 Å². The number of para-hydroxylation sites is 1. The monoisotopic (exact) mass is 609 g/mol. The second kappa shape index (κ2) is 10.7. The number of benzene rings is 8. The van der Waals surface area contributed by atoms with Gasteiger partial charge in [-0.05, 0) is 97.2 Å². The van der Waals surface area contributed by atoms with Crippen molar-refractivity contribution in [2.75, 3.05) is 0 Å². The van der Waals surface area contributed by atoms with Crippen molar-refractivity contribution in [2.24, 2.45) is 0 Å². The number of rotatable bonds is 4. The Bertz CT molecular complexity index is 2680. The topological polar surface area (TPSA) is 4.93 Å². The van der Waals surface area contributed by atoms with Crippen LogP contribution in [0.15, 0.2) is 182 Å². The van der Waals surface area contributed by atoms with Crippen molar-refractivity contribution >= 4 is 32.6 Å². The molecule has 1 aliphatic rings. The van der Waals surface area contributed by atoms with E-state index < -0.39 is 0 Å². The number of fused-ring (bicyclic) bond motifs is 7. The smallest absolute Gasteiger partial charge is 0.0541 e. The second-order valence-corrected chi connectivity index (χ2v) is 12.9. The van der Waals surface area contributed by atoms with E-state index in [2.05, 4.69) is 187 Å². The molecule has 0 spiro atoms. The summed E-state index contributed by atoms with van der Waals surface area (Å²) in [5, 5.41) is 5.10. The summed E-state index contributed by atoms with van der Waals surface area (Å²) >= 11 is 0. The summed E-state index contributed by atoms with van der Waals surface area (Å²) in [6, 6.07) is 67.0. The molecule has 224 valence electrons. The Kier molecular flexibility index (Phi) is 6.01. The Balaban J connectivity index is 1.11. The minimum atomic E-state index is 0.224. The molecule has 1 heteroatoms. The molecule has 8 aromatic carbocycles. The molecule has 0 bridgehead atoms. The second-order valence-electron chi connectivity index (χ2n) is 12.9. The Morgan fingerprint density at radius 3 is 1.98 bits per heavy atom. The van der Waals surface area contributed by atoms with Crippen LogP contribution in [0.1, 0.15) is 22.6 Å². The van der Waals surface area contributed by atoms with Crippen LogP contribution in [0.5, 0.6) is 0 Å². The average Bonchev–Trinajstić information content (AvgIpc) is 3.67. The molecule has 1 nitrogen and oxygen atoms in total. The van der Waals surface area contributed by atoms with Gasteiger partial charge in [0.05, 0.1) is 11.0 Å². The fourth-order valence-corrected chi connectivity index (χ4v) is 8.01. The minimum Gasteiger partial charge on any atom is -0.309 e. The van der Waals surface area contributed by atoms with E-state index in [9.17, 15) is 0 Å². The molecule has 0 fully saturated rings. The van der Waals surface area contributed by atoms with Crippen LogP contribution < -0.4 is 0 Å². The van der Waals surface area contributed by atoms with E-state index in [0.29, 0.717) is 0 Å². The molecule has 1 heterocycles. The first-order valence-corrected chi connectivity index (χ1v) is 16.7. The van der Waals surface area contributed by atoms with Gasteiger partial charge in [-0.1, -0.05) is 146 Å². The minimum absolute atomic E-state index is 0.224. The van der Waals surface area contributed by atoms with Crippen LogP contribution in [0.3, 0.4) is 0 Å². The van der Waals surface area contributed by atoms with Gasteiger partial charge in [-0.25, -0.2) is 0 Å².